The number of H-pyrrole nitrogens is 1. The molecule has 32 heavy (non-hydrogen) atoms. The van der Waals surface area contributed by atoms with Crippen LogP contribution in [0.25, 0.3) is 27.7 Å². The van der Waals surface area contributed by atoms with Crippen LogP contribution in [0.3, 0.4) is 0 Å². The number of aryl methyl sites for hydroxylation is 2. The number of nitriles is 1. The van der Waals surface area contributed by atoms with Crippen LogP contribution in [-0.4, -0.2) is 32.7 Å². The van der Waals surface area contributed by atoms with Gasteiger partial charge in [-0.2, -0.15) is 5.26 Å². The summed E-state index contributed by atoms with van der Waals surface area (Å²) in [6.45, 7) is 7.61. The van der Waals surface area contributed by atoms with E-state index >= 15 is 0 Å². The fraction of sp³-hybridized carbons (Fsp3) is 0.208. The molecule has 0 aliphatic carbocycles. The van der Waals surface area contributed by atoms with E-state index in [1.807, 2.05) is 56.5 Å². The Morgan fingerprint density at radius 2 is 2.03 bits per heavy atom. The third kappa shape index (κ3) is 3.47. The van der Waals surface area contributed by atoms with Crippen LogP contribution in [0.2, 0.25) is 0 Å². The molecule has 0 aliphatic heterocycles. The minimum atomic E-state index is -0.943. The molecule has 3 heterocycles. The van der Waals surface area contributed by atoms with Crippen LogP contribution in [-0.2, 0) is 0 Å². The van der Waals surface area contributed by atoms with Crippen LogP contribution in [0.1, 0.15) is 43.6 Å². The minimum absolute atomic E-state index is 0.316. The molecule has 0 aliphatic rings. The number of fused-ring (bicyclic) bond motifs is 1. The van der Waals surface area contributed by atoms with Crippen molar-refractivity contribution < 1.29 is 14.6 Å². The van der Waals surface area contributed by atoms with Gasteiger partial charge in [-0.05, 0) is 63.1 Å². The summed E-state index contributed by atoms with van der Waals surface area (Å²) >= 11 is 1.46. The lowest BCUT2D eigenvalue weighted by Gasteiger charge is -2.09. The van der Waals surface area contributed by atoms with Crippen LogP contribution < -0.4 is 4.74 Å². The highest BCUT2D eigenvalue weighted by Gasteiger charge is 2.23. The molecule has 8 heteroatoms. The number of aromatic carboxylic acids is 1. The van der Waals surface area contributed by atoms with Gasteiger partial charge in [0.1, 0.15) is 22.6 Å². The van der Waals surface area contributed by atoms with Gasteiger partial charge in [-0.1, -0.05) is 0 Å². The largest absolute Gasteiger partial charge is 0.497 e. The summed E-state index contributed by atoms with van der Waals surface area (Å²) in [4.78, 5) is 20.6. The van der Waals surface area contributed by atoms with Crippen molar-refractivity contribution in [3.63, 3.8) is 0 Å². The molecule has 7 nitrogen and oxygen atoms in total. The quantitative estimate of drug-likeness (QED) is 0.398. The predicted octanol–water partition coefficient (Wildman–Crippen LogP) is 5.42. The Bertz CT molecular complexity index is 1450. The van der Waals surface area contributed by atoms with Crippen molar-refractivity contribution in [2.45, 2.75) is 27.7 Å². The second-order valence-electron chi connectivity index (χ2n) is 7.57. The lowest BCUT2D eigenvalue weighted by atomic mass is 10.1. The maximum absolute atomic E-state index is 11.9. The van der Waals surface area contributed by atoms with Crippen molar-refractivity contribution in [3.8, 4) is 16.8 Å². The van der Waals surface area contributed by atoms with E-state index in [9.17, 15) is 15.2 Å². The maximum atomic E-state index is 11.9. The number of carbonyl (C=O) groups is 1. The van der Waals surface area contributed by atoms with Gasteiger partial charge in [0, 0.05) is 22.3 Å². The highest BCUT2D eigenvalue weighted by molar-refractivity contribution is 7.15. The average molecular weight is 447 g/mol. The fourth-order valence-electron chi connectivity index (χ4n) is 3.82. The highest BCUT2D eigenvalue weighted by Crippen LogP contribution is 2.35. The van der Waals surface area contributed by atoms with E-state index in [2.05, 4.69) is 16.0 Å². The maximum Gasteiger partial charge on any atom is 0.339 e. The summed E-state index contributed by atoms with van der Waals surface area (Å²) < 4.78 is 7.20. The minimum Gasteiger partial charge on any atom is -0.497 e. The molecule has 4 aromatic rings. The van der Waals surface area contributed by atoms with Gasteiger partial charge in [-0.3, -0.25) is 0 Å². The SMILES string of the molecule is COc1ccc2nc(/C(C#N)=C/c3cc(C)n(-c4sc(C)c(C)c4C(=O)O)c3C)[nH]c2c1. The van der Waals surface area contributed by atoms with E-state index in [4.69, 9.17) is 4.74 Å². The molecule has 3 aromatic heterocycles. The molecule has 0 bridgehead atoms. The second-order valence-corrected chi connectivity index (χ2v) is 8.77. The molecular formula is C24H22N4O3S. The Morgan fingerprint density at radius 3 is 2.69 bits per heavy atom. The summed E-state index contributed by atoms with van der Waals surface area (Å²) in [7, 11) is 1.60. The molecule has 0 atom stereocenters. The van der Waals surface area contributed by atoms with Crippen molar-refractivity contribution in [3.05, 3.63) is 63.0 Å². The van der Waals surface area contributed by atoms with Crippen molar-refractivity contribution >= 4 is 40.0 Å². The van der Waals surface area contributed by atoms with Gasteiger partial charge in [-0.25, -0.2) is 9.78 Å². The number of thiophene rings is 1. The molecule has 1 aromatic carbocycles. The molecule has 0 saturated heterocycles. The van der Waals surface area contributed by atoms with Crippen molar-refractivity contribution in [1.29, 1.82) is 5.26 Å². The van der Waals surface area contributed by atoms with Gasteiger partial charge in [0.25, 0.3) is 0 Å². The van der Waals surface area contributed by atoms with Crippen LogP contribution in [0.5, 0.6) is 5.75 Å². The zero-order valence-corrected chi connectivity index (χ0v) is 19.2. The Balaban J connectivity index is 1.83. The average Bonchev–Trinajstić information content (AvgIpc) is 3.39. The molecule has 0 saturated carbocycles. The first-order valence-corrected chi connectivity index (χ1v) is 10.7. The molecule has 162 valence electrons. The summed E-state index contributed by atoms with van der Waals surface area (Å²) in [5.41, 5.74) is 5.58. The zero-order valence-electron chi connectivity index (χ0n) is 18.4. The molecule has 2 N–H and O–H groups in total. The number of rotatable bonds is 5. The number of methoxy groups -OCH3 is 1. The van der Waals surface area contributed by atoms with E-state index in [-0.39, 0.29) is 0 Å². The number of aromatic amines is 1. The molecule has 4 rings (SSSR count). The number of nitrogens with zero attached hydrogens (tertiary/aromatic N) is 3. The molecule has 0 radical (unpaired) electrons. The first-order valence-electron chi connectivity index (χ1n) is 9.93. The number of aromatic nitrogens is 3. The van der Waals surface area contributed by atoms with Gasteiger partial charge in [0.15, 0.2) is 0 Å². The lowest BCUT2D eigenvalue weighted by Crippen LogP contribution is -2.06. The van der Waals surface area contributed by atoms with Gasteiger partial charge >= 0.3 is 5.97 Å². The summed E-state index contributed by atoms with van der Waals surface area (Å²) in [6, 6.07) is 9.68. The number of hydrogen-bond acceptors (Lipinski definition) is 5. The lowest BCUT2D eigenvalue weighted by molar-refractivity contribution is 0.0696. The van der Waals surface area contributed by atoms with E-state index in [1.165, 1.54) is 11.3 Å². The number of ether oxygens (including phenoxy) is 1. The zero-order chi connectivity index (χ0) is 23.2. The summed E-state index contributed by atoms with van der Waals surface area (Å²) in [5.74, 6) is 0.228. The Morgan fingerprint density at radius 1 is 1.28 bits per heavy atom. The smallest absolute Gasteiger partial charge is 0.339 e. The van der Waals surface area contributed by atoms with Crippen molar-refractivity contribution in [2.24, 2.45) is 0 Å². The summed E-state index contributed by atoms with van der Waals surface area (Å²) in [5, 5.41) is 20.3. The number of benzene rings is 1. The predicted molar refractivity (Wildman–Crippen MR) is 126 cm³/mol. The third-order valence-corrected chi connectivity index (χ3v) is 6.81. The van der Waals surface area contributed by atoms with Gasteiger partial charge in [0.2, 0.25) is 0 Å². The monoisotopic (exact) mass is 446 g/mol. The number of hydrogen-bond donors (Lipinski definition) is 2. The molecule has 0 unspecified atom stereocenters. The van der Waals surface area contributed by atoms with E-state index in [0.29, 0.717) is 27.7 Å². The first-order chi connectivity index (χ1) is 15.2. The number of allylic oxidation sites excluding steroid dienone is 1. The highest BCUT2D eigenvalue weighted by atomic mass is 32.1. The van der Waals surface area contributed by atoms with Gasteiger partial charge in [-0.15, -0.1) is 11.3 Å². The Kier molecular flexibility index (Phi) is 5.36. The molecule has 0 spiro atoms. The number of carboxylic acid groups (broad SMARTS) is 1. The topological polar surface area (TPSA) is 104 Å². The number of nitrogens with one attached hydrogen (secondary N) is 1. The number of carboxylic acids is 1. The van der Waals surface area contributed by atoms with Gasteiger partial charge < -0.3 is 19.4 Å². The number of imidazole rings is 1. The third-order valence-electron chi connectivity index (χ3n) is 5.62. The second kappa shape index (κ2) is 8.02. The van der Waals surface area contributed by atoms with Crippen LogP contribution in [0.15, 0.2) is 24.3 Å². The first kappa shape index (κ1) is 21.4. The van der Waals surface area contributed by atoms with E-state index in [0.717, 1.165) is 38.4 Å². The normalized spacial score (nSPS) is 11.7. The Hall–Kier alpha value is -3.83. The standard InChI is InChI=1S/C24H22N4O3S/c1-12-8-16(14(3)28(12)23-21(24(29)30)13(2)15(4)32-23)9-17(11-25)22-26-19-7-6-18(31-5)10-20(19)27-22/h6-10H,1-5H3,(H,26,27)(H,29,30)/b17-9+. The van der Waals surface area contributed by atoms with Crippen molar-refractivity contribution in [2.75, 3.05) is 7.11 Å². The van der Waals surface area contributed by atoms with Crippen molar-refractivity contribution in [1.82, 2.24) is 14.5 Å². The Labute approximate surface area is 189 Å². The van der Waals surface area contributed by atoms with Gasteiger partial charge in [0.05, 0.1) is 29.3 Å². The molecular weight excluding hydrogens is 424 g/mol. The molecule has 0 amide bonds. The van der Waals surface area contributed by atoms with Crippen LogP contribution in [0, 0.1) is 39.0 Å². The fourth-order valence-corrected chi connectivity index (χ4v) is 5.08. The van der Waals surface area contributed by atoms with E-state index < -0.39 is 5.97 Å². The van der Waals surface area contributed by atoms with Crippen LogP contribution >= 0.6 is 11.3 Å². The van der Waals surface area contributed by atoms with E-state index in [1.54, 1.807) is 13.2 Å². The van der Waals surface area contributed by atoms with Crippen LogP contribution in [0.4, 0.5) is 0 Å². The molecule has 0 fully saturated rings. The summed E-state index contributed by atoms with van der Waals surface area (Å²) in [6.07, 6.45) is 1.78.